The zero-order chi connectivity index (χ0) is 13.8. The van der Waals surface area contributed by atoms with Crippen LogP contribution < -0.4 is 0 Å². The molecule has 0 aliphatic carbocycles. The molecule has 0 saturated heterocycles. The van der Waals surface area contributed by atoms with E-state index in [9.17, 15) is 0 Å². The Kier molecular flexibility index (Phi) is 1.95. The normalized spacial score (nSPS) is 11.8. The Hall–Kier alpha value is -2.94. The van der Waals surface area contributed by atoms with Crippen molar-refractivity contribution in [2.75, 3.05) is 0 Å². The van der Waals surface area contributed by atoms with Crippen LogP contribution in [0.1, 0.15) is 0 Å². The number of nitrogens with zero attached hydrogens (tertiary/aromatic N) is 2. The second-order valence-electron chi connectivity index (χ2n) is 5.26. The van der Waals surface area contributed by atoms with Crippen LogP contribution in [0.2, 0.25) is 0 Å². The highest BCUT2D eigenvalue weighted by molar-refractivity contribution is 6.17. The van der Waals surface area contributed by atoms with Gasteiger partial charge in [0.15, 0.2) is 5.65 Å². The molecule has 0 amide bonds. The van der Waals surface area contributed by atoms with Crippen molar-refractivity contribution in [3.05, 3.63) is 60.8 Å². The molecule has 3 nitrogen and oxygen atoms in total. The van der Waals surface area contributed by atoms with Crippen molar-refractivity contribution in [2.24, 2.45) is 0 Å². The summed E-state index contributed by atoms with van der Waals surface area (Å²) < 4.78 is 0. The van der Waals surface area contributed by atoms with E-state index in [0.717, 1.165) is 33.0 Å². The summed E-state index contributed by atoms with van der Waals surface area (Å²) in [5.41, 5.74) is 4.07. The largest absolute Gasteiger partial charge is 0.354 e. The number of hydrogen-bond donors (Lipinski definition) is 1. The molecular formula is C18H11N3. The molecule has 3 aromatic heterocycles. The maximum atomic E-state index is 4.67. The Morgan fingerprint density at radius 2 is 1.76 bits per heavy atom. The number of pyridine rings is 2. The van der Waals surface area contributed by atoms with Crippen LogP contribution in [0.25, 0.3) is 43.7 Å². The predicted molar refractivity (Wildman–Crippen MR) is 86.4 cm³/mol. The second kappa shape index (κ2) is 3.79. The molecule has 1 N–H and O–H groups in total. The summed E-state index contributed by atoms with van der Waals surface area (Å²) in [5.74, 6) is 0. The minimum atomic E-state index is 0.792. The lowest BCUT2D eigenvalue weighted by Crippen LogP contribution is -1.85. The number of aromatic nitrogens is 3. The minimum absolute atomic E-state index is 0.792. The van der Waals surface area contributed by atoms with E-state index >= 15 is 0 Å². The van der Waals surface area contributed by atoms with E-state index in [0.29, 0.717) is 0 Å². The molecule has 98 valence electrons. The standard InChI is InChI=1S/C18H11N3/c1-2-6-15-12(5-1)13-7-8-16-14(17(13)20-15)10-11-4-3-9-19-18(11)21-16/h1-10,20H. The SMILES string of the molecule is c1cnc2nc3ccc4c5ccccc5[nH]c4c3cc2c1. The first kappa shape index (κ1) is 10.8. The molecule has 2 aromatic carbocycles. The molecule has 5 aromatic rings. The number of rotatable bonds is 0. The molecule has 0 atom stereocenters. The van der Waals surface area contributed by atoms with Gasteiger partial charge in [-0.05, 0) is 30.3 Å². The fourth-order valence-corrected chi connectivity index (χ4v) is 3.06. The van der Waals surface area contributed by atoms with Gasteiger partial charge in [0, 0.05) is 33.3 Å². The summed E-state index contributed by atoms with van der Waals surface area (Å²) in [6.45, 7) is 0. The van der Waals surface area contributed by atoms with Crippen LogP contribution in [0.3, 0.4) is 0 Å². The minimum Gasteiger partial charge on any atom is -0.354 e. The maximum Gasteiger partial charge on any atom is 0.159 e. The van der Waals surface area contributed by atoms with Crippen molar-refractivity contribution in [2.45, 2.75) is 0 Å². The summed E-state index contributed by atoms with van der Waals surface area (Å²) in [5, 5.41) is 4.70. The number of fused-ring (bicyclic) bond motifs is 6. The molecule has 3 heteroatoms. The van der Waals surface area contributed by atoms with E-state index in [4.69, 9.17) is 0 Å². The zero-order valence-corrected chi connectivity index (χ0v) is 11.2. The Morgan fingerprint density at radius 3 is 2.76 bits per heavy atom. The van der Waals surface area contributed by atoms with Gasteiger partial charge in [0.25, 0.3) is 0 Å². The average molecular weight is 269 g/mol. The van der Waals surface area contributed by atoms with E-state index in [1.165, 1.54) is 10.8 Å². The highest BCUT2D eigenvalue weighted by atomic mass is 14.8. The van der Waals surface area contributed by atoms with E-state index in [1.807, 2.05) is 6.07 Å². The van der Waals surface area contributed by atoms with Gasteiger partial charge in [-0.25, -0.2) is 9.97 Å². The number of para-hydroxylation sites is 1. The third-order valence-corrected chi connectivity index (χ3v) is 4.04. The highest BCUT2D eigenvalue weighted by Crippen LogP contribution is 2.31. The third kappa shape index (κ3) is 1.43. The van der Waals surface area contributed by atoms with Crippen LogP contribution in [0, 0.1) is 0 Å². The van der Waals surface area contributed by atoms with Gasteiger partial charge in [0.1, 0.15) is 0 Å². The van der Waals surface area contributed by atoms with Crippen molar-refractivity contribution in [1.82, 2.24) is 15.0 Å². The van der Waals surface area contributed by atoms with E-state index in [2.05, 4.69) is 63.5 Å². The zero-order valence-electron chi connectivity index (χ0n) is 11.2. The van der Waals surface area contributed by atoms with Crippen LogP contribution >= 0.6 is 0 Å². The molecule has 5 rings (SSSR count). The maximum absolute atomic E-state index is 4.67. The molecular weight excluding hydrogens is 258 g/mol. The number of benzene rings is 2. The second-order valence-corrected chi connectivity index (χ2v) is 5.26. The lowest BCUT2D eigenvalue weighted by atomic mass is 10.1. The number of aromatic amines is 1. The Labute approximate surface area is 120 Å². The molecule has 0 unspecified atom stereocenters. The van der Waals surface area contributed by atoms with Crippen molar-refractivity contribution in [1.29, 1.82) is 0 Å². The third-order valence-electron chi connectivity index (χ3n) is 4.04. The van der Waals surface area contributed by atoms with Crippen LogP contribution in [-0.2, 0) is 0 Å². The average Bonchev–Trinajstić information content (AvgIpc) is 2.92. The molecule has 21 heavy (non-hydrogen) atoms. The molecule has 3 heterocycles. The first-order valence-corrected chi connectivity index (χ1v) is 6.95. The molecule has 0 aliphatic heterocycles. The number of H-pyrrole nitrogens is 1. The Morgan fingerprint density at radius 1 is 0.810 bits per heavy atom. The van der Waals surface area contributed by atoms with Crippen molar-refractivity contribution in [3.8, 4) is 0 Å². The van der Waals surface area contributed by atoms with Gasteiger partial charge in [-0.15, -0.1) is 0 Å². The van der Waals surface area contributed by atoms with E-state index < -0.39 is 0 Å². The van der Waals surface area contributed by atoms with Crippen molar-refractivity contribution >= 4 is 43.7 Å². The molecule has 0 saturated carbocycles. The number of hydrogen-bond acceptors (Lipinski definition) is 2. The summed E-state index contributed by atoms with van der Waals surface area (Å²) in [6, 6.07) is 18.8. The van der Waals surface area contributed by atoms with Crippen LogP contribution in [0.15, 0.2) is 60.8 Å². The first-order valence-electron chi connectivity index (χ1n) is 6.95. The topological polar surface area (TPSA) is 41.6 Å². The molecule has 0 fully saturated rings. The summed E-state index contributed by atoms with van der Waals surface area (Å²) in [6.07, 6.45) is 1.78. The highest BCUT2D eigenvalue weighted by Gasteiger charge is 2.09. The van der Waals surface area contributed by atoms with Crippen molar-refractivity contribution in [3.63, 3.8) is 0 Å². The predicted octanol–water partition coefficient (Wildman–Crippen LogP) is 4.42. The fourth-order valence-electron chi connectivity index (χ4n) is 3.06. The quantitative estimate of drug-likeness (QED) is 0.423. The van der Waals surface area contributed by atoms with Gasteiger partial charge in [0.2, 0.25) is 0 Å². The molecule has 0 aliphatic rings. The summed E-state index contributed by atoms with van der Waals surface area (Å²) in [4.78, 5) is 12.5. The van der Waals surface area contributed by atoms with Gasteiger partial charge < -0.3 is 4.98 Å². The lowest BCUT2D eigenvalue weighted by molar-refractivity contribution is 1.33. The first-order chi connectivity index (χ1) is 10.4. The molecule has 0 bridgehead atoms. The fraction of sp³-hybridized carbons (Fsp3) is 0. The van der Waals surface area contributed by atoms with E-state index in [1.54, 1.807) is 6.20 Å². The molecule has 0 radical (unpaired) electrons. The number of nitrogens with one attached hydrogen (secondary N) is 1. The van der Waals surface area contributed by atoms with Gasteiger partial charge >= 0.3 is 0 Å². The van der Waals surface area contributed by atoms with Crippen LogP contribution in [0.4, 0.5) is 0 Å². The van der Waals surface area contributed by atoms with Gasteiger partial charge in [0.05, 0.1) is 11.0 Å². The van der Waals surface area contributed by atoms with E-state index in [-0.39, 0.29) is 0 Å². The lowest BCUT2D eigenvalue weighted by Gasteiger charge is -2.02. The summed E-state index contributed by atoms with van der Waals surface area (Å²) in [7, 11) is 0. The van der Waals surface area contributed by atoms with Gasteiger partial charge in [-0.3, -0.25) is 0 Å². The Bertz CT molecular complexity index is 1140. The van der Waals surface area contributed by atoms with Crippen LogP contribution in [0.5, 0.6) is 0 Å². The molecule has 0 spiro atoms. The van der Waals surface area contributed by atoms with Gasteiger partial charge in [-0.1, -0.05) is 24.3 Å². The summed E-state index contributed by atoms with van der Waals surface area (Å²) >= 11 is 0. The monoisotopic (exact) mass is 269 g/mol. The van der Waals surface area contributed by atoms with Gasteiger partial charge in [-0.2, -0.15) is 0 Å². The van der Waals surface area contributed by atoms with Crippen molar-refractivity contribution < 1.29 is 0 Å². The van der Waals surface area contributed by atoms with Crippen LogP contribution in [-0.4, -0.2) is 15.0 Å². The smallest absolute Gasteiger partial charge is 0.159 e. The Balaban J connectivity index is 2.05.